The van der Waals surface area contributed by atoms with Crippen molar-refractivity contribution < 1.29 is 14.3 Å². The van der Waals surface area contributed by atoms with Gasteiger partial charge < -0.3 is 10.1 Å². The van der Waals surface area contributed by atoms with Gasteiger partial charge in [-0.2, -0.15) is 0 Å². The zero-order valence-corrected chi connectivity index (χ0v) is 12.8. The lowest BCUT2D eigenvalue weighted by molar-refractivity contribution is -0.144. The summed E-state index contributed by atoms with van der Waals surface area (Å²) in [6, 6.07) is 15.9. The molecule has 0 aliphatic carbocycles. The van der Waals surface area contributed by atoms with Gasteiger partial charge in [0.05, 0.1) is 0 Å². The van der Waals surface area contributed by atoms with Crippen LogP contribution in [0.2, 0.25) is 0 Å². The molecule has 2 rings (SSSR count). The van der Waals surface area contributed by atoms with Crippen molar-refractivity contribution in [2.45, 2.75) is 20.3 Å². The van der Waals surface area contributed by atoms with E-state index < -0.39 is 5.97 Å². The number of carbonyl (C=O) groups is 2. The normalized spacial score (nSPS) is 10.1. The zero-order valence-electron chi connectivity index (χ0n) is 12.8. The van der Waals surface area contributed by atoms with Gasteiger partial charge in [-0.25, -0.2) is 0 Å². The molecule has 114 valence electrons. The summed E-state index contributed by atoms with van der Waals surface area (Å²) >= 11 is 0. The number of nitrogens with one attached hydrogen (secondary N) is 1. The van der Waals surface area contributed by atoms with Gasteiger partial charge in [0, 0.05) is 12.6 Å². The Kier molecular flexibility index (Phi) is 5.31. The molecule has 2 aromatic carbocycles. The summed E-state index contributed by atoms with van der Waals surface area (Å²) in [6.07, 6.45) is 0.726. The first-order chi connectivity index (χ1) is 10.5. The lowest BCUT2D eigenvalue weighted by Gasteiger charge is -2.11. The fourth-order valence-electron chi connectivity index (χ4n) is 2.08. The molecule has 0 aliphatic heterocycles. The Balaban J connectivity index is 2.07. The number of anilines is 1. The van der Waals surface area contributed by atoms with E-state index in [0.717, 1.165) is 17.7 Å². The van der Waals surface area contributed by atoms with E-state index in [4.69, 9.17) is 4.74 Å². The lowest BCUT2D eigenvalue weighted by atomic mass is 10.0. The van der Waals surface area contributed by atoms with Crippen molar-refractivity contribution in [1.29, 1.82) is 0 Å². The number of carbonyl (C=O) groups excluding carboxylic acids is 2. The van der Waals surface area contributed by atoms with E-state index in [1.165, 1.54) is 18.1 Å². The van der Waals surface area contributed by atoms with Gasteiger partial charge >= 0.3 is 5.97 Å². The van der Waals surface area contributed by atoms with Crippen LogP contribution in [-0.2, 0) is 20.7 Å². The zero-order chi connectivity index (χ0) is 15.9. The molecule has 0 radical (unpaired) electrons. The minimum atomic E-state index is -0.469. The molecular formula is C18H19NO3. The van der Waals surface area contributed by atoms with Gasteiger partial charge in [-0.3, -0.25) is 9.59 Å². The highest BCUT2D eigenvalue weighted by Crippen LogP contribution is 2.19. The van der Waals surface area contributed by atoms with Crippen LogP contribution in [0.15, 0.2) is 48.5 Å². The lowest BCUT2D eigenvalue weighted by Crippen LogP contribution is -2.20. The van der Waals surface area contributed by atoms with Crippen LogP contribution >= 0.6 is 0 Å². The van der Waals surface area contributed by atoms with Gasteiger partial charge in [-0.05, 0) is 30.5 Å². The summed E-state index contributed by atoms with van der Waals surface area (Å²) in [7, 11) is 0. The Morgan fingerprint density at radius 2 is 1.73 bits per heavy atom. The third-order valence-electron chi connectivity index (χ3n) is 3.21. The number of ether oxygens (including phenoxy) is 1. The number of hydrogen-bond donors (Lipinski definition) is 1. The number of benzene rings is 2. The predicted molar refractivity (Wildman–Crippen MR) is 85.7 cm³/mol. The van der Waals surface area contributed by atoms with Gasteiger partial charge in [-0.15, -0.1) is 0 Å². The summed E-state index contributed by atoms with van der Waals surface area (Å²) < 4.78 is 4.70. The first-order valence-corrected chi connectivity index (χ1v) is 7.11. The molecule has 4 heteroatoms. The van der Waals surface area contributed by atoms with Crippen molar-refractivity contribution in [3.05, 3.63) is 65.2 Å². The van der Waals surface area contributed by atoms with E-state index in [1.54, 1.807) is 0 Å². The van der Waals surface area contributed by atoms with Crippen LogP contribution in [0.5, 0.6) is 0 Å². The van der Waals surface area contributed by atoms with Gasteiger partial charge in [0.15, 0.2) is 6.61 Å². The third kappa shape index (κ3) is 4.74. The molecular weight excluding hydrogens is 278 g/mol. The quantitative estimate of drug-likeness (QED) is 0.863. The smallest absolute Gasteiger partial charge is 0.303 e. The van der Waals surface area contributed by atoms with Gasteiger partial charge in [-0.1, -0.05) is 48.0 Å². The van der Waals surface area contributed by atoms with E-state index >= 15 is 0 Å². The maximum Gasteiger partial charge on any atom is 0.303 e. The maximum absolute atomic E-state index is 11.8. The number of esters is 1. The summed E-state index contributed by atoms with van der Waals surface area (Å²) in [6.45, 7) is 3.06. The Bertz CT molecular complexity index is 662. The maximum atomic E-state index is 11.8. The van der Waals surface area contributed by atoms with Crippen molar-refractivity contribution in [2.75, 3.05) is 11.9 Å². The minimum Gasteiger partial charge on any atom is -0.456 e. The number of rotatable bonds is 5. The second kappa shape index (κ2) is 7.41. The second-order valence-corrected chi connectivity index (χ2v) is 5.15. The first kappa shape index (κ1) is 15.8. The molecule has 22 heavy (non-hydrogen) atoms. The van der Waals surface area contributed by atoms with Crippen LogP contribution in [0.25, 0.3) is 0 Å². The predicted octanol–water partition coefficient (Wildman–Crippen LogP) is 3.09. The molecule has 1 N–H and O–H groups in total. The molecule has 1 amide bonds. The van der Waals surface area contributed by atoms with E-state index in [1.807, 2.05) is 31.2 Å². The van der Waals surface area contributed by atoms with Crippen LogP contribution in [0.1, 0.15) is 23.6 Å². The molecule has 0 heterocycles. The standard InChI is InChI=1S/C18H19NO3/c1-13-7-9-15(10-8-13)11-16-5-3-4-6-17(16)19-18(21)12-22-14(2)20/h3-10H,11-12H2,1-2H3,(H,19,21). The van der Waals surface area contributed by atoms with Crippen molar-refractivity contribution >= 4 is 17.6 Å². The highest BCUT2D eigenvalue weighted by Gasteiger charge is 2.08. The fourth-order valence-corrected chi connectivity index (χ4v) is 2.08. The summed E-state index contributed by atoms with van der Waals surface area (Å²) in [5.74, 6) is -0.811. The topological polar surface area (TPSA) is 55.4 Å². The molecule has 0 aliphatic rings. The average Bonchev–Trinajstić information content (AvgIpc) is 2.49. The molecule has 2 aromatic rings. The summed E-state index contributed by atoms with van der Waals surface area (Å²) in [4.78, 5) is 22.5. The number of hydrogen-bond acceptors (Lipinski definition) is 3. The molecule has 0 bridgehead atoms. The molecule has 0 saturated carbocycles. The molecule has 0 unspecified atom stereocenters. The number of amides is 1. The molecule has 0 spiro atoms. The van der Waals surface area contributed by atoms with E-state index in [9.17, 15) is 9.59 Å². The van der Waals surface area contributed by atoms with E-state index in [2.05, 4.69) is 29.6 Å². The highest BCUT2D eigenvalue weighted by atomic mass is 16.5. The Hall–Kier alpha value is -2.62. The van der Waals surface area contributed by atoms with Crippen LogP contribution in [0, 0.1) is 6.92 Å². The van der Waals surface area contributed by atoms with Gasteiger partial charge in [0.1, 0.15) is 0 Å². The highest BCUT2D eigenvalue weighted by molar-refractivity contribution is 5.93. The summed E-state index contributed by atoms with van der Waals surface area (Å²) in [5.41, 5.74) is 4.14. The Morgan fingerprint density at radius 1 is 1.05 bits per heavy atom. The molecule has 0 atom stereocenters. The molecule has 0 fully saturated rings. The Labute approximate surface area is 130 Å². The number of aryl methyl sites for hydroxylation is 1. The van der Waals surface area contributed by atoms with Crippen LogP contribution in [0.4, 0.5) is 5.69 Å². The van der Waals surface area contributed by atoms with E-state index in [-0.39, 0.29) is 12.5 Å². The van der Waals surface area contributed by atoms with Crippen molar-refractivity contribution in [2.24, 2.45) is 0 Å². The average molecular weight is 297 g/mol. The SMILES string of the molecule is CC(=O)OCC(=O)Nc1ccccc1Cc1ccc(C)cc1. The Morgan fingerprint density at radius 3 is 2.41 bits per heavy atom. The van der Waals surface area contributed by atoms with Crippen molar-refractivity contribution in [1.82, 2.24) is 0 Å². The molecule has 4 nitrogen and oxygen atoms in total. The van der Waals surface area contributed by atoms with Crippen LogP contribution in [-0.4, -0.2) is 18.5 Å². The second-order valence-electron chi connectivity index (χ2n) is 5.15. The molecule has 0 saturated heterocycles. The summed E-state index contributed by atoms with van der Waals surface area (Å²) in [5, 5.41) is 2.78. The number of para-hydroxylation sites is 1. The monoisotopic (exact) mass is 297 g/mol. The largest absolute Gasteiger partial charge is 0.456 e. The first-order valence-electron chi connectivity index (χ1n) is 7.11. The van der Waals surface area contributed by atoms with Gasteiger partial charge in [0.25, 0.3) is 5.91 Å². The van der Waals surface area contributed by atoms with Crippen LogP contribution in [0.3, 0.4) is 0 Å². The van der Waals surface area contributed by atoms with E-state index in [0.29, 0.717) is 0 Å². The minimum absolute atomic E-state index is 0.270. The third-order valence-corrected chi connectivity index (χ3v) is 3.21. The van der Waals surface area contributed by atoms with Crippen molar-refractivity contribution in [3.63, 3.8) is 0 Å². The van der Waals surface area contributed by atoms with Crippen molar-refractivity contribution in [3.8, 4) is 0 Å². The fraction of sp³-hybridized carbons (Fsp3) is 0.222. The van der Waals surface area contributed by atoms with Crippen LogP contribution < -0.4 is 5.32 Å². The molecule has 0 aromatic heterocycles. The van der Waals surface area contributed by atoms with Gasteiger partial charge in [0.2, 0.25) is 0 Å².